The summed E-state index contributed by atoms with van der Waals surface area (Å²) in [6.07, 6.45) is 1.55. The van der Waals surface area contributed by atoms with Gasteiger partial charge in [-0.3, -0.25) is 4.90 Å². The second-order valence-electron chi connectivity index (χ2n) is 5.24. The number of ether oxygens (including phenoxy) is 1. The summed E-state index contributed by atoms with van der Waals surface area (Å²) in [5, 5.41) is 4.09. The van der Waals surface area contributed by atoms with Gasteiger partial charge in [0.25, 0.3) is 0 Å². The molecule has 0 amide bonds. The lowest BCUT2D eigenvalue weighted by molar-refractivity contribution is 0.0398. The van der Waals surface area contributed by atoms with Gasteiger partial charge in [0.05, 0.1) is 13.2 Å². The molecule has 3 rings (SSSR count). The van der Waals surface area contributed by atoms with Crippen LogP contribution in [0.15, 0.2) is 46.6 Å². The zero-order valence-electron chi connectivity index (χ0n) is 12.9. The first-order valence-corrected chi connectivity index (χ1v) is 8.52. The second kappa shape index (κ2) is 8.14. The van der Waals surface area contributed by atoms with Crippen molar-refractivity contribution in [3.05, 3.63) is 36.7 Å². The predicted octanol–water partition coefficient (Wildman–Crippen LogP) is 1.95. The topological polar surface area (TPSA) is 76.3 Å². The van der Waals surface area contributed by atoms with Gasteiger partial charge < -0.3 is 15.8 Å². The molecule has 7 heteroatoms. The van der Waals surface area contributed by atoms with Crippen LogP contribution in [0.5, 0.6) is 0 Å². The minimum absolute atomic E-state index is 0.600. The van der Waals surface area contributed by atoms with Crippen molar-refractivity contribution in [2.75, 3.05) is 50.4 Å². The molecule has 1 fully saturated rings. The Morgan fingerprint density at radius 2 is 1.96 bits per heavy atom. The third-order valence-corrected chi connectivity index (χ3v) is 4.66. The van der Waals surface area contributed by atoms with E-state index in [2.05, 4.69) is 20.2 Å². The number of anilines is 2. The molecule has 1 aromatic carbocycles. The first-order chi connectivity index (χ1) is 11.3. The van der Waals surface area contributed by atoms with E-state index in [0.29, 0.717) is 11.5 Å². The van der Waals surface area contributed by atoms with Crippen molar-refractivity contribution in [2.45, 2.75) is 9.92 Å². The molecule has 1 aromatic heterocycles. The van der Waals surface area contributed by atoms with E-state index in [1.807, 2.05) is 30.3 Å². The van der Waals surface area contributed by atoms with Crippen LogP contribution in [-0.4, -0.2) is 54.3 Å². The molecule has 122 valence electrons. The van der Waals surface area contributed by atoms with Gasteiger partial charge in [-0.05, 0) is 12.1 Å². The third-order valence-electron chi connectivity index (χ3n) is 3.63. The summed E-state index contributed by atoms with van der Waals surface area (Å²) in [4.78, 5) is 12.0. The number of nitrogen functional groups attached to an aromatic ring is 1. The second-order valence-corrected chi connectivity index (χ2v) is 6.30. The summed E-state index contributed by atoms with van der Waals surface area (Å²) in [6, 6.07) is 10.1. The lowest BCUT2D eigenvalue weighted by Gasteiger charge is -2.26. The number of hydrogen-bond donors (Lipinski definition) is 2. The van der Waals surface area contributed by atoms with Crippen molar-refractivity contribution < 1.29 is 4.74 Å². The molecule has 6 nitrogen and oxygen atoms in total. The third kappa shape index (κ3) is 4.57. The average Bonchev–Trinajstić information content (AvgIpc) is 2.60. The van der Waals surface area contributed by atoms with Gasteiger partial charge in [0.1, 0.15) is 17.0 Å². The minimum atomic E-state index is 0.600. The zero-order valence-corrected chi connectivity index (χ0v) is 13.8. The molecule has 23 heavy (non-hydrogen) atoms. The van der Waals surface area contributed by atoms with Crippen LogP contribution >= 0.6 is 11.8 Å². The zero-order chi connectivity index (χ0) is 15.9. The van der Waals surface area contributed by atoms with Crippen LogP contribution in [0.3, 0.4) is 0 Å². The van der Waals surface area contributed by atoms with E-state index >= 15 is 0 Å². The van der Waals surface area contributed by atoms with Gasteiger partial charge in [-0.1, -0.05) is 30.0 Å². The van der Waals surface area contributed by atoms with Crippen molar-refractivity contribution in [3.8, 4) is 0 Å². The Kier molecular flexibility index (Phi) is 5.68. The van der Waals surface area contributed by atoms with Crippen LogP contribution in [0, 0.1) is 0 Å². The fraction of sp³-hybridized carbons (Fsp3) is 0.375. The molecule has 1 aliphatic heterocycles. The quantitative estimate of drug-likeness (QED) is 0.784. The Morgan fingerprint density at radius 3 is 2.74 bits per heavy atom. The van der Waals surface area contributed by atoms with E-state index in [1.54, 1.807) is 18.1 Å². The highest BCUT2D eigenvalue weighted by Crippen LogP contribution is 2.32. The summed E-state index contributed by atoms with van der Waals surface area (Å²) in [5.74, 6) is 0.701. The molecule has 2 heterocycles. The van der Waals surface area contributed by atoms with Crippen LogP contribution in [0.25, 0.3) is 0 Å². The number of nitrogens with one attached hydrogen (secondary N) is 1. The fourth-order valence-corrected chi connectivity index (χ4v) is 3.18. The molecule has 0 unspecified atom stereocenters. The Morgan fingerprint density at radius 1 is 1.17 bits per heavy atom. The van der Waals surface area contributed by atoms with Crippen molar-refractivity contribution in [1.29, 1.82) is 0 Å². The van der Waals surface area contributed by atoms with E-state index in [9.17, 15) is 0 Å². The van der Waals surface area contributed by atoms with Crippen molar-refractivity contribution >= 4 is 23.3 Å². The van der Waals surface area contributed by atoms with Crippen molar-refractivity contribution in [2.24, 2.45) is 0 Å². The number of rotatable bonds is 6. The van der Waals surface area contributed by atoms with Gasteiger partial charge in [-0.2, -0.15) is 0 Å². The van der Waals surface area contributed by atoms with Crippen LogP contribution < -0.4 is 11.1 Å². The van der Waals surface area contributed by atoms with Crippen LogP contribution in [-0.2, 0) is 4.74 Å². The molecule has 2 aromatic rings. The summed E-state index contributed by atoms with van der Waals surface area (Å²) in [6.45, 7) is 5.34. The lowest BCUT2D eigenvalue weighted by Crippen LogP contribution is -2.39. The van der Waals surface area contributed by atoms with Gasteiger partial charge in [-0.15, -0.1) is 0 Å². The SMILES string of the molecule is Nc1c(NCCN2CCOCC2)ncnc1Sc1ccccc1. The van der Waals surface area contributed by atoms with Gasteiger partial charge >= 0.3 is 0 Å². The normalized spacial score (nSPS) is 15.5. The molecule has 0 bridgehead atoms. The maximum atomic E-state index is 6.21. The number of hydrogen-bond acceptors (Lipinski definition) is 7. The first-order valence-electron chi connectivity index (χ1n) is 7.70. The molecular weight excluding hydrogens is 310 g/mol. The Hall–Kier alpha value is -1.83. The Bertz CT molecular complexity index is 619. The van der Waals surface area contributed by atoms with Gasteiger partial charge in [0.2, 0.25) is 0 Å². The monoisotopic (exact) mass is 331 g/mol. The van der Waals surface area contributed by atoms with Crippen molar-refractivity contribution in [1.82, 2.24) is 14.9 Å². The first kappa shape index (κ1) is 16.0. The highest BCUT2D eigenvalue weighted by atomic mass is 32.2. The highest BCUT2D eigenvalue weighted by molar-refractivity contribution is 7.99. The van der Waals surface area contributed by atoms with Gasteiger partial charge in [-0.25, -0.2) is 9.97 Å². The van der Waals surface area contributed by atoms with Gasteiger partial charge in [0.15, 0.2) is 5.82 Å². The number of nitrogens with zero attached hydrogens (tertiary/aromatic N) is 3. The standard InChI is InChI=1S/C16H21N5OS/c17-14-15(18-6-7-21-8-10-22-11-9-21)19-12-20-16(14)23-13-4-2-1-3-5-13/h1-5,12H,6-11,17H2,(H,18,19,20). The number of morpholine rings is 1. The molecule has 1 saturated heterocycles. The number of nitrogens with two attached hydrogens (primary N) is 1. The van der Waals surface area contributed by atoms with Crippen molar-refractivity contribution in [3.63, 3.8) is 0 Å². The van der Waals surface area contributed by atoms with E-state index in [-0.39, 0.29) is 0 Å². The summed E-state index contributed by atoms with van der Waals surface area (Å²) >= 11 is 1.55. The van der Waals surface area contributed by atoms with E-state index in [1.165, 1.54) is 0 Å². The van der Waals surface area contributed by atoms with Crippen LogP contribution in [0.4, 0.5) is 11.5 Å². The summed E-state index contributed by atoms with van der Waals surface area (Å²) < 4.78 is 5.35. The fourth-order valence-electron chi connectivity index (χ4n) is 2.36. The van der Waals surface area contributed by atoms with E-state index in [4.69, 9.17) is 10.5 Å². The molecule has 0 atom stereocenters. The van der Waals surface area contributed by atoms with Crippen LogP contribution in [0.2, 0.25) is 0 Å². The predicted molar refractivity (Wildman–Crippen MR) is 92.8 cm³/mol. The molecule has 1 aliphatic rings. The Labute approximate surface area is 140 Å². The smallest absolute Gasteiger partial charge is 0.153 e. The molecular formula is C16H21N5OS. The lowest BCUT2D eigenvalue weighted by atomic mass is 10.4. The summed E-state index contributed by atoms with van der Waals surface area (Å²) in [7, 11) is 0. The highest BCUT2D eigenvalue weighted by Gasteiger charge is 2.12. The average molecular weight is 331 g/mol. The summed E-state index contributed by atoms with van der Waals surface area (Å²) in [5.41, 5.74) is 6.81. The largest absolute Gasteiger partial charge is 0.394 e. The number of aromatic nitrogens is 2. The van der Waals surface area contributed by atoms with Crippen LogP contribution in [0.1, 0.15) is 0 Å². The maximum Gasteiger partial charge on any atom is 0.153 e. The molecule has 0 radical (unpaired) electrons. The minimum Gasteiger partial charge on any atom is -0.394 e. The Balaban J connectivity index is 1.58. The number of benzene rings is 1. The maximum absolute atomic E-state index is 6.21. The van der Waals surface area contributed by atoms with E-state index in [0.717, 1.165) is 49.3 Å². The van der Waals surface area contributed by atoms with E-state index < -0.39 is 0 Å². The molecule has 0 saturated carbocycles. The molecule has 0 spiro atoms. The molecule has 0 aliphatic carbocycles. The van der Waals surface area contributed by atoms with Gasteiger partial charge in [0, 0.05) is 31.1 Å². The molecule has 3 N–H and O–H groups in total.